The molecule has 0 aliphatic carbocycles. The second-order valence-electron chi connectivity index (χ2n) is 6.09. The number of anilines is 2. The zero-order valence-electron chi connectivity index (χ0n) is 14.6. The number of benzene rings is 1. The monoisotopic (exact) mass is 333 g/mol. The Morgan fingerprint density at radius 3 is 2.56 bits per heavy atom. The molecule has 0 radical (unpaired) electrons. The molecule has 0 amide bonds. The molecule has 2 heterocycles. The Kier molecular flexibility index (Phi) is 4.44. The number of aryl methyl sites for hydroxylation is 1. The number of nitrogens with one attached hydrogen (secondary N) is 2. The van der Waals surface area contributed by atoms with Crippen LogP contribution >= 0.6 is 0 Å². The summed E-state index contributed by atoms with van der Waals surface area (Å²) in [5.41, 5.74) is 2.99. The molecular weight excluding hydrogens is 314 g/mol. The number of nitrogens with zero attached hydrogens (tertiary/aromatic N) is 5. The van der Waals surface area contributed by atoms with Crippen molar-refractivity contribution in [3.63, 3.8) is 0 Å². The summed E-state index contributed by atoms with van der Waals surface area (Å²) in [4.78, 5) is 13.6. The Morgan fingerprint density at radius 2 is 1.88 bits per heavy atom. The molecule has 0 spiro atoms. The first-order valence-corrected chi connectivity index (χ1v) is 8.03. The highest BCUT2D eigenvalue weighted by atomic mass is 15.3. The van der Waals surface area contributed by atoms with Gasteiger partial charge in [-0.15, -0.1) is 5.10 Å². The lowest BCUT2D eigenvalue weighted by Gasteiger charge is -2.11. The minimum absolute atomic E-state index is 0.259. The van der Waals surface area contributed by atoms with Gasteiger partial charge in [-0.1, -0.05) is 26.0 Å². The van der Waals surface area contributed by atoms with E-state index in [1.54, 1.807) is 6.07 Å². The molecule has 0 atom stereocenters. The molecule has 0 fully saturated rings. The first-order chi connectivity index (χ1) is 12.0. The molecule has 0 aliphatic rings. The molecule has 126 valence electrons. The van der Waals surface area contributed by atoms with Gasteiger partial charge in [0.15, 0.2) is 5.82 Å². The predicted octanol–water partition coefficient (Wildman–Crippen LogP) is 3.62. The minimum Gasteiger partial charge on any atom is -0.307 e. The maximum atomic E-state index is 9.32. The SMILES string of the molecule is Cc1nc(-c2ccccc2C#N)nc(Nc2n[nH]c(C(C)C)n2)c1C. The first-order valence-electron chi connectivity index (χ1n) is 8.03. The minimum atomic E-state index is 0.259. The second kappa shape index (κ2) is 6.69. The Hall–Kier alpha value is -3.27. The van der Waals surface area contributed by atoms with Crippen LogP contribution in [0, 0.1) is 25.2 Å². The molecule has 0 bridgehead atoms. The molecule has 3 aromatic rings. The van der Waals surface area contributed by atoms with Gasteiger partial charge < -0.3 is 5.32 Å². The van der Waals surface area contributed by atoms with E-state index in [-0.39, 0.29) is 5.92 Å². The molecule has 0 saturated carbocycles. The molecule has 25 heavy (non-hydrogen) atoms. The van der Waals surface area contributed by atoms with Crippen LogP contribution in [0.15, 0.2) is 24.3 Å². The maximum absolute atomic E-state index is 9.32. The van der Waals surface area contributed by atoms with Crippen LogP contribution in [0.4, 0.5) is 11.8 Å². The maximum Gasteiger partial charge on any atom is 0.247 e. The van der Waals surface area contributed by atoms with E-state index in [9.17, 15) is 5.26 Å². The number of aromatic amines is 1. The fraction of sp³-hybridized carbons (Fsp3) is 0.278. The van der Waals surface area contributed by atoms with Crippen LogP contribution in [0.25, 0.3) is 11.4 Å². The van der Waals surface area contributed by atoms with Crippen molar-refractivity contribution in [1.82, 2.24) is 25.1 Å². The van der Waals surface area contributed by atoms with E-state index >= 15 is 0 Å². The van der Waals surface area contributed by atoms with Gasteiger partial charge in [-0.05, 0) is 26.0 Å². The molecule has 0 unspecified atom stereocenters. The lowest BCUT2D eigenvalue weighted by atomic mass is 10.1. The Bertz CT molecular complexity index is 950. The average Bonchev–Trinajstić information content (AvgIpc) is 3.07. The summed E-state index contributed by atoms with van der Waals surface area (Å²) in [7, 11) is 0. The molecule has 7 heteroatoms. The second-order valence-corrected chi connectivity index (χ2v) is 6.09. The molecule has 2 aromatic heterocycles. The summed E-state index contributed by atoms with van der Waals surface area (Å²) in [6.07, 6.45) is 0. The third kappa shape index (κ3) is 3.33. The van der Waals surface area contributed by atoms with Crippen molar-refractivity contribution in [3.8, 4) is 17.5 Å². The van der Waals surface area contributed by atoms with Gasteiger partial charge in [-0.25, -0.2) is 9.97 Å². The van der Waals surface area contributed by atoms with Gasteiger partial charge >= 0.3 is 0 Å². The van der Waals surface area contributed by atoms with E-state index < -0.39 is 0 Å². The molecular formula is C18H19N7. The molecule has 3 rings (SSSR count). The molecule has 2 N–H and O–H groups in total. The van der Waals surface area contributed by atoms with Crippen LogP contribution < -0.4 is 5.32 Å². The van der Waals surface area contributed by atoms with Crippen molar-refractivity contribution in [2.75, 3.05) is 5.32 Å². The van der Waals surface area contributed by atoms with Crippen molar-refractivity contribution in [2.45, 2.75) is 33.6 Å². The molecule has 0 aliphatic heterocycles. The third-order valence-corrected chi connectivity index (χ3v) is 3.96. The van der Waals surface area contributed by atoms with Crippen molar-refractivity contribution >= 4 is 11.8 Å². The Labute approximate surface area is 146 Å². The summed E-state index contributed by atoms with van der Waals surface area (Å²) < 4.78 is 0. The van der Waals surface area contributed by atoms with Crippen LogP contribution in [0.1, 0.15) is 42.4 Å². The summed E-state index contributed by atoms with van der Waals surface area (Å²) in [5.74, 6) is 2.66. The summed E-state index contributed by atoms with van der Waals surface area (Å²) >= 11 is 0. The van der Waals surface area contributed by atoms with Gasteiger partial charge in [0.05, 0.1) is 11.6 Å². The van der Waals surface area contributed by atoms with Gasteiger partial charge in [0, 0.05) is 22.7 Å². The van der Waals surface area contributed by atoms with Gasteiger partial charge in [-0.3, -0.25) is 5.10 Å². The van der Waals surface area contributed by atoms with Crippen molar-refractivity contribution in [3.05, 3.63) is 46.9 Å². The highest BCUT2D eigenvalue weighted by Gasteiger charge is 2.14. The van der Waals surface area contributed by atoms with E-state index in [0.717, 1.165) is 17.1 Å². The van der Waals surface area contributed by atoms with E-state index in [2.05, 4.69) is 36.5 Å². The van der Waals surface area contributed by atoms with E-state index in [0.29, 0.717) is 28.7 Å². The number of H-pyrrole nitrogens is 1. The summed E-state index contributed by atoms with van der Waals surface area (Å²) in [6.45, 7) is 7.94. The normalized spacial score (nSPS) is 10.7. The van der Waals surface area contributed by atoms with Crippen LogP contribution in [-0.4, -0.2) is 25.1 Å². The van der Waals surface area contributed by atoms with Crippen LogP contribution in [0.2, 0.25) is 0 Å². The van der Waals surface area contributed by atoms with Gasteiger partial charge in [0.25, 0.3) is 0 Å². The van der Waals surface area contributed by atoms with Crippen molar-refractivity contribution in [2.24, 2.45) is 0 Å². The largest absolute Gasteiger partial charge is 0.307 e. The summed E-state index contributed by atoms with van der Waals surface area (Å²) in [6, 6.07) is 9.47. The number of rotatable bonds is 4. The van der Waals surface area contributed by atoms with Crippen molar-refractivity contribution < 1.29 is 0 Å². The van der Waals surface area contributed by atoms with Crippen LogP contribution in [0.3, 0.4) is 0 Å². The third-order valence-electron chi connectivity index (χ3n) is 3.96. The Morgan fingerprint density at radius 1 is 1.12 bits per heavy atom. The highest BCUT2D eigenvalue weighted by molar-refractivity contribution is 5.67. The number of hydrogen-bond acceptors (Lipinski definition) is 6. The molecule has 0 saturated heterocycles. The van der Waals surface area contributed by atoms with Crippen molar-refractivity contribution in [1.29, 1.82) is 5.26 Å². The average molecular weight is 333 g/mol. The van der Waals surface area contributed by atoms with E-state index in [1.165, 1.54) is 0 Å². The number of aromatic nitrogens is 5. The van der Waals surface area contributed by atoms with Crippen LogP contribution in [-0.2, 0) is 0 Å². The summed E-state index contributed by atoms with van der Waals surface area (Å²) in [5, 5.41) is 19.6. The van der Waals surface area contributed by atoms with E-state index in [4.69, 9.17) is 0 Å². The Balaban J connectivity index is 2.02. The molecule has 1 aromatic carbocycles. The lowest BCUT2D eigenvalue weighted by molar-refractivity contribution is 0.781. The standard InChI is InChI=1S/C18H19N7/c1-10(2)15-22-18(25-24-15)23-16-11(3)12(4)20-17(21-16)14-8-6-5-7-13(14)9-19/h5-8,10H,1-4H3,(H2,20,21,22,23,24,25). The zero-order valence-corrected chi connectivity index (χ0v) is 14.6. The lowest BCUT2D eigenvalue weighted by Crippen LogP contribution is -2.04. The number of nitriles is 1. The fourth-order valence-electron chi connectivity index (χ4n) is 2.34. The highest BCUT2D eigenvalue weighted by Crippen LogP contribution is 2.25. The predicted molar refractivity (Wildman–Crippen MR) is 95.4 cm³/mol. The quantitative estimate of drug-likeness (QED) is 0.756. The van der Waals surface area contributed by atoms with E-state index in [1.807, 2.05) is 45.9 Å². The fourth-order valence-corrected chi connectivity index (χ4v) is 2.34. The first kappa shape index (κ1) is 16.6. The zero-order chi connectivity index (χ0) is 18.0. The molecule has 7 nitrogen and oxygen atoms in total. The van der Waals surface area contributed by atoms with Gasteiger partial charge in [0.1, 0.15) is 11.6 Å². The topological polar surface area (TPSA) is 103 Å². The van der Waals surface area contributed by atoms with Crippen LogP contribution in [0.5, 0.6) is 0 Å². The number of hydrogen-bond donors (Lipinski definition) is 2. The van der Waals surface area contributed by atoms with Gasteiger partial charge in [-0.2, -0.15) is 10.2 Å². The van der Waals surface area contributed by atoms with Gasteiger partial charge in [0.2, 0.25) is 5.95 Å². The smallest absolute Gasteiger partial charge is 0.247 e.